The average Bonchev–Trinajstić information content (AvgIpc) is 3.17. The molecule has 0 saturated carbocycles. The minimum Gasteiger partial charge on any atom is -0.491 e. The first kappa shape index (κ1) is 18.7. The monoisotopic (exact) mass is 379 g/mol. The van der Waals surface area contributed by atoms with Gasteiger partial charge in [0.25, 0.3) is 0 Å². The first-order valence-electron chi connectivity index (χ1n) is 9.82. The molecule has 0 spiro atoms. The first-order chi connectivity index (χ1) is 13.7. The fraction of sp³-hybridized carbons (Fsp3) is 0.348. The molecule has 1 aliphatic carbocycles. The molecule has 0 amide bonds. The van der Waals surface area contributed by atoms with Gasteiger partial charge in [0.1, 0.15) is 24.2 Å². The highest BCUT2D eigenvalue weighted by Gasteiger charge is 2.25. The number of aromatic nitrogens is 1. The Bertz CT molecular complexity index is 946. The normalized spacial score (nSPS) is 13.7. The molecule has 0 saturated heterocycles. The van der Waals surface area contributed by atoms with Crippen LogP contribution in [0.1, 0.15) is 30.0 Å². The molecule has 5 nitrogen and oxygen atoms in total. The highest BCUT2D eigenvalue weighted by Crippen LogP contribution is 2.39. The van der Waals surface area contributed by atoms with E-state index >= 15 is 0 Å². The van der Waals surface area contributed by atoms with E-state index in [1.807, 2.05) is 18.2 Å². The van der Waals surface area contributed by atoms with Crippen LogP contribution in [0, 0.1) is 0 Å². The maximum absolute atomic E-state index is 9.45. The molecule has 0 fully saturated rings. The average molecular weight is 379 g/mol. The molecular weight excluding hydrogens is 354 g/mol. The Balaban J connectivity index is 1.59. The molecule has 1 heterocycles. The summed E-state index contributed by atoms with van der Waals surface area (Å²) in [5, 5.41) is 22.7. The molecule has 1 aliphatic rings. The van der Waals surface area contributed by atoms with Gasteiger partial charge in [-0.1, -0.05) is 42.8 Å². The third-order valence-corrected chi connectivity index (χ3v) is 5.17. The zero-order chi connectivity index (χ0) is 19.5. The van der Waals surface area contributed by atoms with Crippen LogP contribution in [-0.4, -0.2) is 34.7 Å². The molecule has 2 N–H and O–H groups in total. The molecule has 2 aromatic carbocycles. The maximum Gasteiger partial charge on any atom is 0.170 e. The van der Waals surface area contributed by atoms with E-state index < -0.39 is 6.10 Å². The van der Waals surface area contributed by atoms with Gasteiger partial charge in [0.05, 0.1) is 6.61 Å². The fourth-order valence-corrected chi connectivity index (χ4v) is 3.69. The van der Waals surface area contributed by atoms with Crippen LogP contribution in [0.3, 0.4) is 0 Å². The van der Waals surface area contributed by atoms with E-state index in [1.54, 1.807) is 0 Å². The number of aliphatic hydroxyl groups excluding tert-OH is 2. The number of hydrogen-bond acceptors (Lipinski definition) is 5. The lowest BCUT2D eigenvalue weighted by atomic mass is 9.88. The number of benzene rings is 2. The predicted octanol–water partition coefficient (Wildman–Crippen LogP) is 3.79. The van der Waals surface area contributed by atoms with Crippen LogP contribution in [0.25, 0.3) is 22.6 Å². The Morgan fingerprint density at radius 1 is 1.14 bits per heavy atom. The van der Waals surface area contributed by atoms with E-state index in [1.165, 1.54) is 5.56 Å². The van der Waals surface area contributed by atoms with E-state index in [9.17, 15) is 5.11 Å². The van der Waals surface area contributed by atoms with Crippen LogP contribution < -0.4 is 4.74 Å². The summed E-state index contributed by atoms with van der Waals surface area (Å²) in [5.41, 5.74) is 6.67. The van der Waals surface area contributed by atoms with Gasteiger partial charge in [-0.25, -0.2) is 0 Å². The minimum absolute atomic E-state index is 0.0721. The molecule has 0 aliphatic heterocycles. The van der Waals surface area contributed by atoms with Gasteiger partial charge >= 0.3 is 0 Å². The van der Waals surface area contributed by atoms with Gasteiger partial charge in [-0.15, -0.1) is 0 Å². The Morgan fingerprint density at radius 2 is 1.96 bits per heavy atom. The third-order valence-electron chi connectivity index (χ3n) is 5.17. The summed E-state index contributed by atoms with van der Waals surface area (Å²) < 4.78 is 11.3. The van der Waals surface area contributed by atoms with Crippen LogP contribution in [0.15, 0.2) is 47.0 Å². The van der Waals surface area contributed by atoms with Gasteiger partial charge in [-0.2, -0.15) is 0 Å². The summed E-state index contributed by atoms with van der Waals surface area (Å²) in [5.74, 6) is 1.54. The molecule has 3 aromatic rings. The van der Waals surface area contributed by atoms with Gasteiger partial charge < -0.3 is 19.5 Å². The highest BCUT2D eigenvalue weighted by molar-refractivity contribution is 5.77. The smallest absolute Gasteiger partial charge is 0.170 e. The molecule has 0 bridgehead atoms. The minimum atomic E-state index is -0.871. The van der Waals surface area contributed by atoms with Crippen LogP contribution in [-0.2, 0) is 19.3 Å². The van der Waals surface area contributed by atoms with E-state index in [4.69, 9.17) is 14.4 Å². The molecule has 5 heteroatoms. The van der Waals surface area contributed by atoms with Crippen molar-refractivity contribution in [3.05, 3.63) is 59.2 Å². The first-order valence-corrected chi connectivity index (χ1v) is 9.82. The number of fused-ring (bicyclic) bond motifs is 3. The van der Waals surface area contributed by atoms with Crippen molar-refractivity contribution < 1.29 is 19.5 Å². The Labute approximate surface area is 164 Å². The maximum atomic E-state index is 9.45. The number of aliphatic hydroxyl groups is 2. The highest BCUT2D eigenvalue weighted by atomic mass is 16.5. The lowest BCUT2D eigenvalue weighted by molar-refractivity contribution is 0.0536. The van der Waals surface area contributed by atoms with Crippen molar-refractivity contribution in [3.63, 3.8) is 0 Å². The predicted molar refractivity (Wildman–Crippen MR) is 107 cm³/mol. The van der Waals surface area contributed by atoms with Crippen molar-refractivity contribution in [2.24, 2.45) is 0 Å². The van der Waals surface area contributed by atoms with Gasteiger partial charge in [-0.05, 0) is 48.6 Å². The van der Waals surface area contributed by atoms with Gasteiger partial charge in [-0.3, -0.25) is 0 Å². The number of ether oxygens (including phenoxy) is 1. The molecule has 1 unspecified atom stereocenters. The number of nitrogens with zero attached hydrogens (tertiary/aromatic N) is 1. The molecule has 1 atom stereocenters. The second-order valence-corrected chi connectivity index (χ2v) is 7.25. The fourth-order valence-electron chi connectivity index (χ4n) is 3.69. The Hall–Kier alpha value is -2.63. The number of aryl methyl sites for hydroxylation is 2. The Kier molecular flexibility index (Phi) is 5.46. The zero-order valence-electron chi connectivity index (χ0n) is 16.0. The van der Waals surface area contributed by atoms with Crippen molar-refractivity contribution >= 4 is 0 Å². The summed E-state index contributed by atoms with van der Waals surface area (Å²) in [6.07, 6.45) is 3.09. The number of rotatable bonds is 7. The van der Waals surface area contributed by atoms with E-state index in [0.29, 0.717) is 5.75 Å². The van der Waals surface area contributed by atoms with Crippen molar-refractivity contribution in [2.45, 2.75) is 38.7 Å². The molecular formula is C23H25NO4. The van der Waals surface area contributed by atoms with E-state index in [0.717, 1.165) is 59.4 Å². The van der Waals surface area contributed by atoms with Gasteiger partial charge in [0.15, 0.2) is 5.76 Å². The SMILES string of the molecule is CCCc1ccc(-c2onc3c2CCc2cc(OCC(O)CO)ccc2-3)cc1. The van der Waals surface area contributed by atoms with Crippen molar-refractivity contribution in [1.29, 1.82) is 0 Å². The Morgan fingerprint density at radius 3 is 2.71 bits per heavy atom. The van der Waals surface area contributed by atoms with Gasteiger partial charge in [0.2, 0.25) is 0 Å². The second-order valence-electron chi connectivity index (χ2n) is 7.25. The van der Waals surface area contributed by atoms with Crippen LogP contribution in [0.5, 0.6) is 5.75 Å². The van der Waals surface area contributed by atoms with E-state index in [-0.39, 0.29) is 13.2 Å². The van der Waals surface area contributed by atoms with Gasteiger partial charge in [0, 0.05) is 16.7 Å². The molecule has 1 aromatic heterocycles. The molecule has 0 radical (unpaired) electrons. The second kappa shape index (κ2) is 8.17. The summed E-state index contributed by atoms with van der Waals surface area (Å²) in [6, 6.07) is 14.4. The summed E-state index contributed by atoms with van der Waals surface area (Å²) in [4.78, 5) is 0. The standard InChI is InChI=1S/C23H25NO4/c1-2-3-15-4-6-16(7-5-15)23-21-10-8-17-12-19(27-14-18(26)13-25)9-11-20(17)22(21)24-28-23/h4-7,9,11-12,18,25-26H,2-3,8,10,13-14H2,1H3. The third kappa shape index (κ3) is 3.68. The zero-order valence-corrected chi connectivity index (χ0v) is 16.0. The quantitative estimate of drug-likeness (QED) is 0.653. The number of hydrogen-bond donors (Lipinski definition) is 2. The van der Waals surface area contributed by atoms with Crippen LogP contribution in [0.2, 0.25) is 0 Å². The van der Waals surface area contributed by atoms with Crippen LogP contribution >= 0.6 is 0 Å². The molecule has 4 rings (SSSR count). The summed E-state index contributed by atoms with van der Waals surface area (Å²) >= 11 is 0. The topological polar surface area (TPSA) is 75.7 Å². The lowest BCUT2D eigenvalue weighted by Crippen LogP contribution is -2.21. The van der Waals surface area contributed by atoms with E-state index in [2.05, 4.69) is 36.3 Å². The van der Waals surface area contributed by atoms with Crippen molar-refractivity contribution in [1.82, 2.24) is 5.16 Å². The van der Waals surface area contributed by atoms with Crippen molar-refractivity contribution in [3.8, 4) is 28.3 Å². The largest absolute Gasteiger partial charge is 0.491 e. The lowest BCUT2D eigenvalue weighted by Gasteiger charge is -2.17. The van der Waals surface area contributed by atoms with Crippen LogP contribution in [0.4, 0.5) is 0 Å². The molecule has 146 valence electrons. The summed E-state index contributed by atoms with van der Waals surface area (Å²) in [7, 11) is 0. The summed E-state index contributed by atoms with van der Waals surface area (Å²) in [6.45, 7) is 1.95. The van der Waals surface area contributed by atoms with Crippen molar-refractivity contribution in [2.75, 3.05) is 13.2 Å². The molecule has 28 heavy (non-hydrogen) atoms.